The first kappa shape index (κ1) is 16.5. The predicted molar refractivity (Wildman–Crippen MR) is 80.4 cm³/mol. The average molecular weight is 236 g/mol. The molecule has 0 aromatic heterocycles. The van der Waals surface area contributed by atoms with Crippen LogP contribution >= 0.6 is 0 Å². The third-order valence-corrected chi connectivity index (χ3v) is 3.03. The Bertz CT molecular complexity index is 176. The molecule has 0 aliphatic heterocycles. The number of hydrogen-bond acceptors (Lipinski definition) is 0. The minimum Gasteiger partial charge on any atom is -0.0885 e. The Morgan fingerprint density at radius 2 is 0.882 bits per heavy atom. The number of rotatable bonds is 12. The van der Waals surface area contributed by atoms with E-state index in [0.717, 1.165) is 0 Å². The molecule has 0 saturated heterocycles. The summed E-state index contributed by atoms with van der Waals surface area (Å²) in [5.74, 6) is 0. The second kappa shape index (κ2) is 15.5. The van der Waals surface area contributed by atoms with Crippen molar-refractivity contribution in [3.8, 4) is 0 Å². The van der Waals surface area contributed by atoms with Crippen LogP contribution in [0.25, 0.3) is 0 Å². The molecule has 0 heteroatoms. The van der Waals surface area contributed by atoms with Gasteiger partial charge in [0.2, 0.25) is 0 Å². The summed E-state index contributed by atoms with van der Waals surface area (Å²) in [6.45, 7) is 4.53. The van der Waals surface area contributed by atoms with Crippen LogP contribution in [0.2, 0.25) is 0 Å². The van der Waals surface area contributed by atoms with Gasteiger partial charge < -0.3 is 0 Å². The molecule has 0 atom stereocenters. The second-order valence-electron chi connectivity index (χ2n) is 4.87. The highest BCUT2D eigenvalue weighted by Crippen LogP contribution is 2.04. The summed E-state index contributed by atoms with van der Waals surface area (Å²) in [5.41, 5.74) is 0. The molecule has 0 amide bonds. The predicted octanol–water partition coefficient (Wildman–Crippen LogP) is 6.43. The summed E-state index contributed by atoms with van der Waals surface area (Å²) in [6.07, 6.45) is 24.0. The fourth-order valence-electron chi connectivity index (χ4n) is 1.87. The largest absolute Gasteiger partial charge is 0.0885 e. The Labute approximate surface area is 109 Å². The molecule has 0 aromatic carbocycles. The Morgan fingerprint density at radius 3 is 1.41 bits per heavy atom. The van der Waals surface area contributed by atoms with Crippen LogP contribution < -0.4 is 0 Å². The van der Waals surface area contributed by atoms with Crippen LogP contribution in [0.15, 0.2) is 24.3 Å². The van der Waals surface area contributed by atoms with Crippen LogP contribution in [0.4, 0.5) is 0 Å². The standard InChI is InChI=1S/C17H32/c1-3-5-7-9-11-13-15-17-16-14-12-10-8-6-4-2/h11,13-14,16H,3-10,12,15,17H2,1-2H3/b13-11+,16-14+. The third kappa shape index (κ3) is 15.5. The molecule has 0 fully saturated rings. The molecule has 0 aromatic rings. The average Bonchev–Trinajstić information content (AvgIpc) is 2.35. The zero-order chi connectivity index (χ0) is 12.6. The van der Waals surface area contributed by atoms with E-state index in [1.165, 1.54) is 70.6 Å². The molecule has 0 saturated carbocycles. The zero-order valence-corrected chi connectivity index (χ0v) is 12.1. The van der Waals surface area contributed by atoms with Crippen molar-refractivity contribution in [2.24, 2.45) is 0 Å². The van der Waals surface area contributed by atoms with Crippen LogP contribution in [-0.2, 0) is 0 Å². The van der Waals surface area contributed by atoms with Crippen molar-refractivity contribution in [1.82, 2.24) is 0 Å². The zero-order valence-electron chi connectivity index (χ0n) is 12.1. The topological polar surface area (TPSA) is 0 Å². The minimum atomic E-state index is 1.22. The molecule has 100 valence electrons. The lowest BCUT2D eigenvalue weighted by molar-refractivity contribution is 0.674. The number of unbranched alkanes of at least 4 members (excludes halogenated alkanes) is 8. The van der Waals surface area contributed by atoms with E-state index in [4.69, 9.17) is 0 Å². The van der Waals surface area contributed by atoms with Crippen LogP contribution in [-0.4, -0.2) is 0 Å². The van der Waals surface area contributed by atoms with E-state index in [2.05, 4.69) is 38.2 Å². The molecule has 0 unspecified atom stereocenters. The summed E-state index contributed by atoms with van der Waals surface area (Å²) in [7, 11) is 0. The molecule has 0 nitrogen and oxygen atoms in total. The quantitative estimate of drug-likeness (QED) is 0.270. The van der Waals surface area contributed by atoms with Crippen LogP contribution in [0.5, 0.6) is 0 Å². The normalized spacial score (nSPS) is 11.9. The Kier molecular flexibility index (Phi) is 15.0. The van der Waals surface area contributed by atoms with Crippen molar-refractivity contribution in [3.05, 3.63) is 24.3 Å². The summed E-state index contributed by atoms with van der Waals surface area (Å²) in [5, 5.41) is 0. The van der Waals surface area contributed by atoms with E-state index in [-0.39, 0.29) is 0 Å². The first-order valence-electron chi connectivity index (χ1n) is 7.71. The second-order valence-corrected chi connectivity index (χ2v) is 4.87. The lowest BCUT2D eigenvalue weighted by Gasteiger charge is -1.94. The third-order valence-electron chi connectivity index (χ3n) is 3.03. The maximum Gasteiger partial charge on any atom is -0.0316 e. The Morgan fingerprint density at radius 1 is 0.471 bits per heavy atom. The Balaban J connectivity index is 3.13. The summed E-state index contributed by atoms with van der Waals surface area (Å²) in [4.78, 5) is 0. The van der Waals surface area contributed by atoms with Crippen LogP contribution in [0.1, 0.15) is 84.5 Å². The van der Waals surface area contributed by atoms with Gasteiger partial charge in [-0.1, -0.05) is 70.3 Å². The fourth-order valence-corrected chi connectivity index (χ4v) is 1.87. The molecular weight excluding hydrogens is 204 g/mol. The van der Waals surface area contributed by atoms with Gasteiger partial charge in [0.25, 0.3) is 0 Å². The van der Waals surface area contributed by atoms with Crippen LogP contribution in [0, 0.1) is 0 Å². The van der Waals surface area contributed by atoms with E-state index in [1.807, 2.05) is 0 Å². The van der Waals surface area contributed by atoms with Crippen molar-refractivity contribution >= 4 is 0 Å². The van der Waals surface area contributed by atoms with Crippen molar-refractivity contribution in [2.45, 2.75) is 84.5 Å². The van der Waals surface area contributed by atoms with Gasteiger partial charge in [-0.2, -0.15) is 0 Å². The highest BCUT2D eigenvalue weighted by Gasteiger charge is 1.84. The van der Waals surface area contributed by atoms with Gasteiger partial charge in [0.05, 0.1) is 0 Å². The lowest BCUT2D eigenvalue weighted by Crippen LogP contribution is -1.74. The first-order valence-corrected chi connectivity index (χ1v) is 7.71. The van der Waals surface area contributed by atoms with E-state index in [9.17, 15) is 0 Å². The summed E-state index contributed by atoms with van der Waals surface area (Å²) >= 11 is 0. The maximum absolute atomic E-state index is 2.36. The molecule has 0 N–H and O–H groups in total. The highest BCUT2D eigenvalue weighted by atomic mass is 13.9. The van der Waals surface area contributed by atoms with Gasteiger partial charge in [-0.05, 0) is 38.5 Å². The van der Waals surface area contributed by atoms with E-state index >= 15 is 0 Å². The van der Waals surface area contributed by atoms with E-state index in [1.54, 1.807) is 0 Å². The molecular formula is C17H32. The lowest BCUT2D eigenvalue weighted by atomic mass is 10.1. The van der Waals surface area contributed by atoms with E-state index < -0.39 is 0 Å². The van der Waals surface area contributed by atoms with Gasteiger partial charge in [0.1, 0.15) is 0 Å². The van der Waals surface area contributed by atoms with Crippen molar-refractivity contribution in [2.75, 3.05) is 0 Å². The smallest absolute Gasteiger partial charge is 0.0316 e. The maximum atomic E-state index is 2.36. The van der Waals surface area contributed by atoms with Crippen LogP contribution in [0.3, 0.4) is 0 Å². The molecule has 0 spiro atoms. The minimum absolute atomic E-state index is 1.22. The van der Waals surface area contributed by atoms with Gasteiger partial charge in [-0.25, -0.2) is 0 Å². The van der Waals surface area contributed by atoms with Gasteiger partial charge in [-0.15, -0.1) is 0 Å². The van der Waals surface area contributed by atoms with E-state index in [0.29, 0.717) is 0 Å². The van der Waals surface area contributed by atoms with Gasteiger partial charge in [0.15, 0.2) is 0 Å². The summed E-state index contributed by atoms with van der Waals surface area (Å²) in [6, 6.07) is 0. The fraction of sp³-hybridized carbons (Fsp3) is 0.765. The number of hydrogen-bond donors (Lipinski definition) is 0. The summed E-state index contributed by atoms with van der Waals surface area (Å²) < 4.78 is 0. The monoisotopic (exact) mass is 236 g/mol. The van der Waals surface area contributed by atoms with Gasteiger partial charge in [0, 0.05) is 0 Å². The number of allylic oxidation sites excluding steroid dienone is 4. The van der Waals surface area contributed by atoms with Crippen molar-refractivity contribution < 1.29 is 0 Å². The molecule has 0 heterocycles. The molecule has 0 aliphatic rings. The highest BCUT2D eigenvalue weighted by molar-refractivity contribution is 4.87. The van der Waals surface area contributed by atoms with Crippen molar-refractivity contribution in [1.29, 1.82) is 0 Å². The van der Waals surface area contributed by atoms with Crippen molar-refractivity contribution in [3.63, 3.8) is 0 Å². The molecule has 17 heavy (non-hydrogen) atoms. The van der Waals surface area contributed by atoms with Gasteiger partial charge >= 0.3 is 0 Å². The molecule has 0 radical (unpaired) electrons. The van der Waals surface area contributed by atoms with Gasteiger partial charge in [-0.3, -0.25) is 0 Å². The molecule has 0 aliphatic carbocycles. The molecule has 0 bridgehead atoms. The first-order chi connectivity index (χ1) is 8.41. The molecule has 0 rings (SSSR count). The SMILES string of the molecule is CCCCC/C=C/CC/C=C/CCCCCC. The Hall–Kier alpha value is -0.520.